The molecule has 1 atom stereocenters. The lowest BCUT2D eigenvalue weighted by atomic mass is 9.95. The molecular weight excluding hydrogens is 419 g/mol. The lowest BCUT2D eigenvalue weighted by molar-refractivity contribution is 0.0792. The second-order valence-electron chi connectivity index (χ2n) is 9.57. The highest BCUT2D eigenvalue weighted by Crippen LogP contribution is 2.31. The molecule has 2 fully saturated rings. The number of hydrogen-bond donors (Lipinski definition) is 0. The summed E-state index contributed by atoms with van der Waals surface area (Å²) in [6.07, 6.45) is 3.75. The number of rotatable bonds is 4. The third kappa shape index (κ3) is 4.10. The molecule has 0 bridgehead atoms. The van der Waals surface area contributed by atoms with Crippen LogP contribution in [0, 0.1) is 5.82 Å². The van der Waals surface area contributed by atoms with Crippen LogP contribution >= 0.6 is 0 Å². The second-order valence-corrected chi connectivity index (χ2v) is 9.57. The third-order valence-electron chi connectivity index (χ3n) is 7.30. The highest BCUT2D eigenvalue weighted by Gasteiger charge is 2.30. The monoisotopic (exact) mass is 450 g/mol. The fourth-order valence-electron chi connectivity index (χ4n) is 5.27. The van der Waals surface area contributed by atoms with E-state index in [1.165, 1.54) is 6.07 Å². The topological polar surface area (TPSA) is 47.1 Å². The first kappa shape index (κ1) is 21.9. The van der Waals surface area contributed by atoms with Crippen molar-refractivity contribution in [2.45, 2.75) is 31.7 Å². The van der Waals surface area contributed by atoms with Crippen LogP contribution in [0.15, 0.2) is 36.4 Å². The number of benzene rings is 2. The van der Waals surface area contributed by atoms with Gasteiger partial charge in [0, 0.05) is 55.6 Å². The maximum Gasteiger partial charge on any atom is 0.258 e. The van der Waals surface area contributed by atoms with Crippen molar-refractivity contribution in [1.82, 2.24) is 9.80 Å². The summed E-state index contributed by atoms with van der Waals surface area (Å²) in [5.74, 6) is -0.393. The molecule has 3 aliphatic heterocycles. The van der Waals surface area contributed by atoms with Crippen LogP contribution in [0.5, 0.6) is 0 Å². The molecule has 2 amide bonds. The van der Waals surface area contributed by atoms with Gasteiger partial charge in [-0.25, -0.2) is 4.39 Å². The maximum atomic E-state index is 15.1. The predicted octanol–water partition coefficient (Wildman–Crippen LogP) is 3.40. The van der Waals surface area contributed by atoms with Crippen molar-refractivity contribution in [3.05, 3.63) is 58.9 Å². The van der Waals surface area contributed by atoms with Gasteiger partial charge in [-0.2, -0.15) is 0 Å². The lowest BCUT2D eigenvalue weighted by Gasteiger charge is -2.30. The molecule has 0 aliphatic carbocycles. The number of hydrogen-bond acceptors (Lipinski definition) is 4. The summed E-state index contributed by atoms with van der Waals surface area (Å²) >= 11 is 0. The summed E-state index contributed by atoms with van der Waals surface area (Å²) in [6, 6.07) is 10.9. The van der Waals surface area contributed by atoms with Gasteiger partial charge in [0.2, 0.25) is 0 Å². The summed E-state index contributed by atoms with van der Waals surface area (Å²) in [5, 5.41) is 0. The number of carbonyl (C=O) groups is 2. The molecule has 0 aromatic heterocycles. The van der Waals surface area contributed by atoms with Gasteiger partial charge in [0.15, 0.2) is 0 Å². The lowest BCUT2D eigenvalue weighted by Crippen LogP contribution is -2.38. The fourth-order valence-corrected chi connectivity index (χ4v) is 5.27. The molecule has 0 saturated carbocycles. The smallest absolute Gasteiger partial charge is 0.258 e. The second kappa shape index (κ2) is 8.78. The Morgan fingerprint density at radius 1 is 1.03 bits per heavy atom. The molecule has 0 radical (unpaired) electrons. The van der Waals surface area contributed by atoms with Crippen molar-refractivity contribution in [3.8, 4) is 0 Å². The highest BCUT2D eigenvalue weighted by molar-refractivity contribution is 6.09. The number of anilines is 2. The normalized spacial score (nSPS) is 20.7. The Balaban J connectivity index is 1.33. The van der Waals surface area contributed by atoms with E-state index in [0.717, 1.165) is 51.0 Å². The van der Waals surface area contributed by atoms with E-state index < -0.39 is 0 Å². The van der Waals surface area contributed by atoms with Gasteiger partial charge in [0.05, 0.1) is 5.69 Å². The van der Waals surface area contributed by atoms with Gasteiger partial charge in [-0.05, 0) is 81.7 Å². The predicted molar refractivity (Wildman–Crippen MR) is 128 cm³/mol. The van der Waals surface area contributed by atoms with Crippen molar-refractivity contribution in [1.29, 1.82) is 0 Å². The fraction of sp³-hybridized carbons (Fsp3) is 0.462. The molecule has 0 unspecified atom stereocenters. The molecule has 6 nitrogen and oxygen atoms in total. The molecule has 2 aromatic rings. The molecule has 0 spiro atoms. The van der Waals surface area contributed by atoms with Crippen molar-refractivity contribution < 1.29 is 14.0 Å². The van der Waals surface area contributed by atoms with Crippen molar-refractivity contribution in [3.63, 3.8) is 0 Å². The minimum atomic E-state index is -0.294. The first-order valence-electron chi connectivity index (χ1n) is 11.9. The SMILES string of the molecule is CN(C)[C@@H]1CCN(c2ccc(N3CCc4cc(C(=O)N5CCCC5)ccc4C3=O)cc2F)C1. The summed E-state index contributed by atoms with van der Waals surface area (Å²) in [5.41, 5.74) is 3.31. The minimum Gasteiger partial charge on any atom is -0.368 e. The van der Waals surface area contributed by atoms with Crippen LogP contribution in [0.3, 0.4) is 0 Å². The van der Waals surface area contributed by atoms with E-state index in [2.05, 4.69) is 23.9 Å². The van der Waals surface area contributed by atoms with Gasteiger partial charge in [0.1, 0.15) is 5.82 Å². The minimum absolute atomic E-state index is 0.0428. The Bertz CT molecular complexity index is 1080. The van der Waals surface area contributed by atoms with E-state index in [9.17, 15) is 9.59 Å². The van der Waals surface area contributed by atoms with Crippen LogP contribution in [-0.4, -0.2) is 74.5 Å². The molecule has 174 valence electrons. The van der Waals surface area contributed by atoms with E-state index in [0.29, 0.717) is 41.5 Å². The van der Waals surface area contributed by atoms with Crippen LogP contribution in [-0.2, 0) is 6.42 Å². The Kier molecular flexibility index (Phi) is 5.83. The van der Waals surface area contributed by atoms with Gasteiger partial charge < -0.3 is 19.6 Å². The van der Waals surface area contributed by atoms with Crippen LogP contribution < -0.4 is 9.80 Å². The average molecular weight is 451 g/mol. The van der Waals surface area contributed by atoms with E-state index in [-0.39, 0.29) is 17.6 Å². The van der Waals surface area contributed by atoms with Gasteiger partial charge in [-0.1, -0.05) is 0 Å². The van der Waals surface area contributed by atoms with E-state index in [1.54, 1.807) is 23.1 Å². The summed E-state index contributed by atoms with van der Waals surface area (Å²) in [4.78, 5) is 33.7. The molecule has 7 heteroatoms. The van der Waals surface area contributed by atoms with Gasteiger partial charge in [-0.3, -0.25) is 9.59 Å². The quantitative estimate of drug-likeness (QED) is 0.716. The zero-order valence-electron chi connectivity index (χ0n) is 19.4. The number of likely N-dealkylation sites (N-methyl/N-ethyl adjacent to an activating group) is 1. The van der Waals surface area contributed by atoms with Crippen molar-refractivity contribution in [2.75, 3.05) is 56.6 Å². The van der Waals surface area contributed by atoms with Gasteiger partial charge >= 0.3 is 0 Å². The molecule has 3 aliphatic rings. The van der Waals surface area contributed by atoms with Crippen LogP contribution in [0.25, 0.3) is 0 Å². The van der Waals surface area contributed by atoms with Crippen LogP contribution in [0.4, 0.5) is 15.8 Å². The standard InChI is InChI=1S/C26H31FN4O2/c1-28(2)21-10-13-30(17-21)24-8-6-20(16-23(24)27)31-14-9-18-15-19(5-7-22(18)26(31)33)25(32)29-11-3-4-12-29/h5-8,15-16,21H,3-4,9-14,17H2,1-2H3/t21-/m1/s1. The van der Waals surface area contributed by atoms with E-state index in [4.69, 9.17) is 0 Å². The first-order valence-corrected chi connectivity index (χ1v) is 11.9. The Hall–Kier alpha value is -2.93. The number of amides is 2. The molecular formula is C26H31FN4O2. The third-order valence-corrected chi connectivity index (χ3v) is 7.30. The van der Waals surface area contributed by atoms with E-state index >= 15 is 4.39 Å². The number of likely N-dealkylation sites (tertiary alicyclic amines) is 1. The Morgan fingerprint density at radius 2 is 1.82 bits per heavy atom. The molecule has 3 heterocycles. The largest absolute Gasteiger partial charge is 0.368 e. The number of fused-ring (bicyclic) bond motifs is 1. The number of carbonyl (C=O) groups excluding carboxylic acids is 2. The van der Waals surface area contributed by atoms with Crippen LogP contribution in [0.1, 0.15) is 45.5 Å². The molecule has 5 rings (SSSR count). The zero-order valence-corrected chi connectivity index (χ0v) is 19.4. The molecule has 0 N–H and O–H groups in total. The number of halogens is 1. The van der Waals surface area contributed by atoms with Crippen molar-refractivity contribution >= 4 is 23.2 Å². The highest BCUT2D eigenvalue weighted by atomic mass is 19.1. The number of nitrogens with zero attached hydrogens (tertiary/aromatic N) is 4. The van der Waals surface area contributed by atoms with Gasteiger partial charge in [0.25, 0.3) is 11.8 Å². The summed E-state index contributed by atoms with van der Waals surface area (Å²) < 4.78 is 15.1. The maximum absolute atomic E-state index is 15.1. The Morgan fingerprint density at radius 3 is 2.52 bits per heavy atom. The summed E-state index contributed by atoms with van der Waals surface area (Å²) in [6.45, 7) is 3.71. The molecule has 2 aromatic carbocycles. The average Bonchev–Trinajstić information content (AvgIpc) is 3.51. The van der Waals surface area contributed by atoms with E-state index in [1.807, 2.05) is 17.0 Å². The zero-order chi connectivity index (χ0) is 23.1. The van der Waals surface area contributed by atoms with Crippen LogP contribution in [0.2, 0.25) is 0 Å². The van der Waals surface area contributed by atoms with Gasteiger partial charge in [-0.15, -0.1) is 0 Å². The molecule has 2 saturated heterocycles. The summed E-state index contributed by atoms with van der Waals surface area (Å²) in [7, 11) is 4.11. The molecule has 33 heavy (non-hydrogen) atoms. The first-order chi connectivity index (χ1) is 15.9. The van der Waals surface area contributed by atoms with Crippen molar-refractivity contribution in [2.24, 2.45) is 0 Å². The Labute approximate surface area is 194 Å².